The van der Waals surface area contributed by atoms with E-state index in [4.69, 9.17) is 4.74 Å². The molecule has 1 aromatic heterocycles. The number of hydrogen-bond acceptors (Lipinski definition) is 6. The third-order valence-electron chi connectivity index (χ3n) is 7.30. The Morgan fingerprint density at radius 3 is 2.75 bits per heavy atom. The van der Waals surface area contributed by atoms with Crippen LogP contribution in [0.1, 0.15) is 44.9 Å². The van der Waals surface area contributed by atoms with Gasteiger partial charge in [0.05, 0.1) is 17.6 Å². The van der Waals surface area contributed by atoms with E-state index in [2.05, 4.69) is 35.4 Å². The maximum atomic E-state index is 15.5. The van der Waals surface area contributed by atoms with E-state index in [1.807, 2.05) is 0 Å². The number of nitrogens with zero attached hydrogens (tertiary/aromatic N) is 2. The number of thiazole rings is 1. The molecule has 4 rings (SSSR count). The molecule has 2 aromatic rings. The summed E-state index contributed by atoms with van der Waals surface area (Å²) in [5.41, 5.74) is -2.57. The van der Waals surface area contributed by atoms with Crippen LogP contribution in [0.2, 0.25) is 0 Å². The van der Waals surface area contributed by atoms with E-state index in [0.717, 1.165) is 4.88 Å². The van der Waals surface area contributed by atoms with Crippen molar-refractivity contribution in [3.8, 4) is 16.3 Å². The van der Waals surface area contributed by atoms with Gasteiger partial charge in [0.25, 0.3) is 0 Å². The molecule has 2 aliphatic heterocycles. The molecule has 2 saturated heterocycles. The Kier molecular flexibility index (Phi) is 7.69. The monoisotopic (exact) mass is 526 g/mol. The first kappa shape index (κ1) is 26.9. The lowest BCUT2D eigenvalue weighted by Crippen LogP contribution is -2.55. The summed E-state index contributed by atoms with van der Waals surface area (Å²) in [5.74, 6) is -0.884. The number of ether oxygens (including phenoxy) is 2. The zero-order valence-corrected chi connectivity index (χ0v) is 21.6. The number of halogens is 3. The third-order valence-corrected chi connectivity index (χ3v) is 8.31. The summed E-state index contributed by atoms with van der Waals surface area (Å²) in [6, 6.07) is 6.50. The van der Waals surface area contributed by atoms with Gasteiger partial charge in [-0.2, -0.15) is 8.78 Å². The molecule has 3 atom stereocenters. The number of aliphatic carboxylic acids is 1. The molecule has 10 heteroatoms. The van der Waals surface area contributed by atoms with Crippen LogP contribution in [0.3, 0.4) is 0 Å². The van der Waals surface area contributed by atoms with Crippen molar-refractivity contribution in [1.82, 2.24) is 9.88 Å². The Bertz CT molecular complexity index is 1070. The summed E-state index contributed by atoms with van der Waals surface area (Å²) >= 11 is 1.35. The first-order valence-electron chi connectivity index (χ1n) is 12.1. The van der Waals surface area contributed by atoms with Gasteiger partial charge in [-0.1, -0.05) is 32.9 Å². The van der Waals surface area contributed by atoms with Gasteiger partial charge in [0.2, 0.25) is 0 Å². The highest BCUT2D eigenvalue weighted by Gasteiger charge is 2.53. The number of hydrogen-bond donors (Lipinski definition) is 1. The van der Waals surface area contributed by atoms with Gasteiger partial charge in [-0.05, 0) is 29.9 Å². The Hall–Kier alpha value is -2.17. The Labute approximate surface area is 213 Å². The number of benzene rings is 1. The van der Waals surface area contributed by atoms with E-state index >= 15 is 4.39 Å². The van der Waals surface area contributed by atoms with Gasteiger partial charge < -0.3 is 14.6 Å². The number of aromatic nitrogens is 1. The summed E-state index contributed by atoms with van der Waals surface area (Å²) in [6.07, 6.45) is 2.22. The van der Waals surface area contributed by atoms with Crippen LogP contribution in [0.25, 0.3) is 10.6 Å². The largest absolute Gasteiger partial charge is 0.481 e. The molecule has 2 unspecified atom stereocenters. The van der Waals surface area contributed by atoms with E-state index in [1.54, 1.807) is 24.4 Å². The SMILES string of the molecule is CC(C)(C)C1CN(Cc2cnc(-c3ccccc3OC(F)F)s2)C[C@](CC2(F)CCOC2)(C(=O)O)C1. The lowest BCUT2D eigenvalue weighted by molar-refractivity contribution is -0.160. The maximum absolute atomic E-state index is 15.5. The Morgan fingerprint density at radius 1 is 1.36 bits per heavy atom. The number of carboxylic acids is 1. The summed E-state index contributed by atoms with van der Waals surface area (Å²) in [7, 11) is 0. The quantitative estimate of drug-likeness (QED) is 0.464. The van der Waals surface area contributed by atoms with Crippen LogP contribution in [0.4, 0.5) is 13.2 Å². The van der Waals surface area contributed by atoms with Crippen LogP contribution in [-0.4, -0.2) is 59.5 Å². The number of para-hydroxylation sites is 1. The van der Waals surface area contributed by atoms with E-state index in [-0.39, 0.29) is 43.1 Å². The van der Waals surface area contributed by atoms with Crippen molar-refractivity contribution < 1.29 is 32.5 Å². The Morgan fingerprint density at radius 2 is 2.11 bits per heavy atom. The van der Waals surface area contributed by atoms with Crippen molar-refractivity contribution in [2.24, 2.45) is 16.7 Å². The standard InChI is InChI=1S/C26H33F3N2O4S/c1-24(2,3)17-10-25(22(32)33,14-26(29)8-9-34-16-26)15-31(12-17)13-18-11-30-21(36-18)19-6-4-5-7-20(19)35-23(27)28/h4-7,11,17,23H,8-10,12-16H2,1-3H3,(H,32,33)/t17?,25-,26?/m0/s1. The zero-order valence-electron chi connectivity index (χ0n) is 20.8. The van der Waals surface area contributed by atoms with Gasteiger partial charge in [0.1, 0.15) is 16.4 Å². The highest BCUT2D eigenvalue weighted by atomic mass is 32.1. The Balaban J connectivity index is 1.59. The minimum absolute atomic E-state index is 0.0424. The average molecular weight is 527 g/mol. The fourth-order valence-electron chi connectivity index (χ4n) is 5.36. The highest BCUT2D eigenvalue weighted by molar-refractivity contribution is 7.15. The third kappa shape index (κ3) is 6.03. The van der Waals surface area contributed by atoms with Crippen molar-refractivity contribution in [2.45, 2.75) is 58.9 Å². The highest BCUT2D eigenvalue weighted by Crippen LogP contribution is 2.48. The first-order valence-corrected chi connectivity index (χ1v) is 12.9. The number of alkyl halides is 3. The second-order valence-corrected chi connectivity index (χ2v) is 12.3. The molecular weight excluding hydrogens is 493 g/mol. The van der Waals surface area contributed by atoms with Crippen LogP contribution in [0, 0.1) is 16.7 Å². The van der Waals surface area contributed by atoms with Crippen LogP contribution in [0.5, 0.6) is 5.75 Å². The van der Waals surface area contributed by atoms with Gasteiger partial charge >= 0.3 is 12.6 Å². The number of carbonyl (C=O) groups is 1. The molecule has 0 aliphatic carbocycles. The molecular formula is C26H33F3N2O4S. The predicted octanol–water partition coefficient (Wildman–Crippen LogP) is 5.87. The van der Waals surface area contributed by atoms with Crippen LogP contribution >= 0.6 is 11.3 Å². The molecule has 0 radical (unpaired) electrons. The van der Waals surface area contributed by atoms with Crippen LogP contribution in [-0.2, 0) is 16.1 Å². The first-order chi connectivity index (χ1) is 16.9. The van der Waals surface area contributed by atoms with Gasteiger partial charge in [0, 0.05) is 50.2 Å². The van der Waals surface area contributed by atoms with Gasteiger partial charge in [-0.15, -0.1) is 11.3 Å². The minimum Gasteiger partial charge on any atom is -0.481 e. The molecule has 0 amide bonds. The summed E-state index contributed by atoms with van der Waals surface area (Å²) in [4.78, 5) is 20.0. The number of rotatable bonds is 8. The van der Waals surface area contributed by atoms with Gasteiger partial charge in [0.15, 0.2) is 0 Å². The van der Waals surface area contributed by atoms with Gasteiger partial charge in [-0.3, -0.25) is 9.69 Å². The van der Waals surface area contributed by atoms with Crippen molar-refractivity contribution in [3.63, 3.8) is 0 Å². The number of piperidine rings is 1. The van der Waals surface area contributed by atoms with Crippen molar-refractivity contribution in [3.05, 3.63) is 35.3 Å². The molecule has 2 fully saturated rings. The second kappa shape index (κ2) is 10.3. The van der Waals surface area contributed by atoms with Crippen molar-refractivity contribution in [1.29, 1.82) is 0 Å². The fourth-order valence-corrected chi connectivity index (χ4v) is 6.34. The molecule has 0 spiro atoms. The lowest BCUT2D eigenvalue weighted by Gasteiger charge is -2.49. The minimum atomic E-state index is -2.94. The molecule has 0 saturated carbocycles. The van der Waals surface area contributed by atoms with Crippen LogP contribution in [0.15, 0.2) is 30.5 Å². The average Bonchev–Trinajstić information content (AvgIpc) is 3.42. The van der Waals surface area contributed by atoms with E-state index in [9.17, 15) is 18.7 Å². The topological polar surface area (TPSA) is 71.9 Å². The molecule has 3 heterocycles. The number of likely N-dealkylation sites (tertiary alicyclic amines) is 1. The molecule has 6 nitrogen and oxygen atoms in total. The van der Waals surface area contributed by atoms with Crippen molar-refractivity contribution in [2.75, 3.05) is 26.3 Å². The molecule has 0 bridgehead atoms. The lowest BCUT2D eigenvalue weighted by atomic mass is 9.63. The predicted molar refractivity (Wildman–Crippen MR) is 131 cm³/mol. The summed E-state index contributed by atoms with van der Waals surface area (Å²) in [6.45, 7) is 4.88. The summed E-state index contributed by atoms with van der Waals surface area (Å²) < 4.78 is 51.1. The maximum Gasteiger partial charge on any atom is 0.387 e. The molecule has 36 heavy (non-hydrogen) atoms. The molecule has 1 aromatic carbocycles. The van der Waals surface area contributed by atoms with E-state index in [1.165, 1.54) is 17.4 Å². The number of carboxylic acid groups (broad SMARTS) is 1. The van der Waals surface area contributed by atoms with Gasteiger partial charge in [-0.25, -0.2) is 9.37 Å². The van der Waals surface area contributed by atoms with Crippen LogP contribution < -0.4 is 4.74 Å². The van der Waals surface area contributed by atoms with E-state index < -0.39 is 23.7 Å². The fraction of sp³-hybridized carbons (Fsp3) is 0.615. The molecule has 2 aliphatic rings. The normalized spacial score (nSPS) is 27.5. The van der Waals surface area contributed by atoms with E-state index in [0.29, 0.717) is 36.7 Å². The summed E-state index contributed by atoms with van der Waals surface area (Å²) in [5, 5.41) is 10.9. The molecule has 198 valence electrons. The van der Waals surface area contributed by atoms with Crippen molar-refractivity contribution >= 4 is 17.3 Å². The zero-order chi connectivity index (χ0) is 26.1. The molecule has 1 N–H and O–H groups in total. The smallest absolute Gasteiger partial charge is 0.387 e. The second-order valence-electron chi connectivity index (χ2n) is 11.2.